The first-order chi connectivity index (χ1) is 12.5. The number of esters is 1. The van der Waals surface area contributed by atoms with Crippen molar-refractivity contribution in [1.29, 1.82) is 0 Å². The molecular weight excluding hydrogens is 324 g/mol. The maximum Gasteiger partial charge on any atom is 0.309 e. The third-order valence-corrected chi connectivity index (χ3v) is 9.57. The largest absolute Gasteiger partial charge is 0.465 e. The summed E-state index contributed by atoms with van der Waals surface area (Å²) < 4.78 is 5.79. The minimum atomic E-state index is -0.125. The van der Waals surface area contributed by atoms with Crippen molar-refractivity contribution in [1.82, 2.24) is 0 Å². The minimum absolute atomic E-state index is 0.0740. The number of fused-ring (bicyclic) bond motifs is 4. The fraction of sp³-hybridized carbons (Fsp3) is 0.870. The minimum Gasteiger partial charge on any atom is -0.465 e. The number of hydrogen-bond acceptors (Lipinski definition) is 3. The van der Waals surface area contributed by atoms with Crippen molar-refractivity contribution in [3.63, 3.8) is 0 Å². The summed E-state index contributed by atoms with van der Waals surface area (Å²) in [5.74, 6) is 3.03. The van der Waals surface area contributed by atoms with Gasteiger partial charge >= 0.3 is 5.97 Å². The maximum absolute atomic E-state index is 12.3. The first-order valence-electron chi connectivity index (χ1n) is 11.0. The molecule has 1 aliphatic heterocycles. The Morgan fingerprint density at radius 2 is 1.96 bits per heavy atom. The first-order valence-corrected chi connectivity index (χ1v) is 11.0. The highest BCUT2D eigenvalue weighted by atomic mass is 16.5. The van der Waals surface area contributed by atoms with Crippen molar-refractivity contribution in [2.45, 2.75) is 77.7 Å². The summed E-state index contributed by atoms with van der Waals surface area (Å²) in [7, 11) is 0. The van der Waals surface area contributed by atoms with Gasteiger partial charge in [0.2, 0.25) is 0 Å². The van der Waals surface area contributed by atoms with E-state index in [1.807, 2.05) is 0 Å². The molecule has 3 saturated carbocycles. The van der Waals surface area contributed by atoms with E-state index in [2.05, 4.69) is 19.9 Å². The molecule has 0 bridgehead atoms. The predicted octanol–water partition coefficient (Wildman–Crippen LogP) is 4.49. The number of cyclic esters (lactones) is 1. The summed E-state index contributed by atoms with van der Waals surface area (Å²) in [4.78, 5) is 12.3. The number of hydrogen-bond donors (Lipinski definition) is 1. The first kappa shape index (κ1) is 17.3. The van der Waals surface area contributed by atoms with E-state index in [0.717, 1.165) is 43.4 Å². The molecule has 4 aliphatic carbocycles. The van der Waals surface area contributed by atoms with Crippen LogP contribution in [0.25, 0.3) is 0 Å². The molecule has 0 radical (unpaired) electrons. The molecular formula is C23H34O3. The lowest BCUT2D eigenvalue weighted by atomic mass is 9.46. The fourth-order valence-electron chi connectivity index (χ4n) is 8.31. The number of aliphatic hydroxyl groups excluding tert-OH is 1. The van der Waals surface area contributed by atoms with Crippen LogP contribution in [-0.2, 0) is 9.53 Å². The molecule has 1 spiro atoms. The maximum atomic E-state index is 12.3. The second-order valence-corrected chi connectivity index (χ2v) is 10.2. The molecule has 5 aliphatic rings. The molecule has 5 rings (SSSR count). The third kappa shape index (κ3) is 2.13. The molecule has 1 heterocycles. The summed E-state index contributed by atoms with van der Waals surface area (Å²) in [6.45, 7) is 5.34. The van der Waals surface area contributed by atoms with Gasteiger partial charge in [-0.25, -0.2) is 0 Å². The molecule has 3 unspecified atom stereocenters. The zero-order valence-corrected chi connectivity index (χ0v) is 16.4. The van der Waals surface area contributed by atoms with E-state index in [-0.39, 0.29) is 23.4 Å². The molecule has 3 heteroatoms. The quantitative estimate of drug-likeness (QED) is 0.555. The van der Waals surface area contributed by atoms with Crippen LogP contribution in [0.3, 0.4) is 0 Å². The summed E-state index contributed by atoms with van der Waals surface area (Å²) in [6, 6.07) is 0. The average molecular weight is 359 g/mol. The predicted molar refractivity (Wildman–Crippen MR) is 100 cm³/mol. The Balaban J connectivity index is 1.48. The van der Waals surface area contributed by atoms with Gasteiger partial charge in [0, 0.05) is 5.41 Å². The highest BCUT2D eigenvalue weighted by Crippen LogP contribution is 2.68. The lowest BCUT2D eigenvalue weighted by Gasteiger charge is -2.59. The molecule has 0 aromatic rings. The van der Waals surface area contributed by atoms with Crippen molar-refractivity contribution in [2.24, 2.45) is 40.4 Å². The second-order valence-electron chi connectivity index (χ2n) is 10.2. The van der Waals surface area contributed by atoms with Crippen molar-refractivity contribution in [3.8, 4) is 0 Å². The van der Waals surface area contributed by atoms with Gasteiger partial charge in [0.05, 0.1) is 18.6 Å². The Morgan fingerprint density at radius 3 is 2.77 bits per heavy atom. The van der Waals surface area contributed by atoms with E-state index in [9.17, 15) is 9.90 Å². The highest BCUT2D eigenvalue weighted by Gasteiger charge is 2.64. The summed E-state index contributed by atoms with van der Waals surface area (Å²) in [6.07, 6.45) is 12.6. The van der Waals surface area contributed by atoms with Gasteiger partial charge in [0.15, 0.2) is 0 Å². The van der Waals surface area contributed by atoms with Gasteiger partial charge in [-0.05, 0) is 86.9 Å². The van der Waals surface area contributed by atoms with Crippen LogP contribution in [-0.4, -0.2) is 23.8 Å². The Kier molecular flexibility index (Phi) is 3.88. The van der Waals surface area contributed by atoms with E-state index >= 15 is 0 Å². The van der Waals surface area contributed by atoms with Gasteiger partial charge in [-0.2, -0.15) is 0 Å². The third-order valence-electron chi connectivity index (χ3n) is 9.57. The summed E-state index contributed by atoms with van der Waals surface area (Å²) in [5, 5.41) is 10.2. The smallest absolute Gasteiger partial charge is 0.309 e. The van der Waals surface area contributed by atoms with Gasteiger partial charge < -0.3 is 9.84 Å². The zero-order valence-electron chi connectivity index (χ0n) is 16.4. The standard InChI is InChI=1S/C23H34O3/c1-3-16-19-6-7-20-17-5-4-14-12-15(24)8-10-22(14,2)18(17)9-11-23(19,20)13-26-21(16)25/h4,15-20,24H,3,5-13H2,1-2H3/t15-,16+,17?,18?,19+,20?,22-,23-/m0/s1. The van der Waals surface area contributed by atoms with E-state index in [1.54, 1.807) is 5.57 Å². The van der Waals surface area contributed by atoms with Crippen LogP contribution < -0.4 is 0 Å². The van der Waals surface area contributed by atoms with E-state index < -0.39 is 0 Å². The van der Waals surface area contributed by atoms with Crippen LogP contribution in [0.4, 0.5) is 0 Å². The van der Waals surface area contributed by atoms with Crippen LogP contribution in [0, 0.1) is 40.4 Å². The van der Waals surface area contributed by atoms with Crippen molar-refractivity contribution >= 4 is 5.97 Å². The molecule has 0 aromatic heterocycles. The van der Waals surface area contributed by atoms with E-state index in [1.165, 1.54) is 32.1 Å². The van der Waals surface area contributed by atoms with Gasteiger partial charge in [-0.15, -0.1) is 0 Å². The van der Waals surface area contributed by atoms with E-state index in [4.69, 9.17) is 4.74 Å². The van der Waals surface area contributed by atoms with Gasteiger partial charge in [-0.1, -0.05) is 25.5 Å². The van der Waals surface area contributed by atoms with Gasteiger partial charge in [-0.3, -0.25) is 4.79 Å². The molecule has 1 N–H and O–H groups in total. The van der Waals surface area contributed by atoms with Crippen LogP contribution in [0.2, 0.25) is 0 Å². The highest BCUT2D eigenvalue weighted by molar-refractivity contribution is 5.74. The van der Waals surface area contributed by atoms with Crippen LogP contribution in [0.5, 0.6) is 0 Å². The van der Waals surface area contributed by atoms with Gasteiger partial charge in [0.1, 0.15) is 0 Å². The average Bonchev–Trinajstić information content (AvgIpc) is 3.02. The Hall–Kier alpha value is -0.830. The molecule has 0 amide bonds. The lowest BCUT2D eigenvalue weighted by molar-refractivity contribution is -0.181. The van der Waals surface area contributed by atoms with Crippen LogP contribution in [0.15, 0.2) is 11.6 Å². The van der Waals surface area contributed by atoms with Gasteiger partial charge in [0.25, 0.3) is 0 Å². The lowest BCUT2D eigenvalue weighted by Crippen LogP contribution is -2.56. The van der Waals surface area contributed by atoms with Crippen LogP contribution >= 0.6 is 0 Å². The van der Waals surface area contributed by atoms with Crippen molar-refractivity contribution < 1.29 is 14.6 Å². The Labute approximate surface area is 157 Å². The Bertz CT molecular complexity index is 639. The number of carbonyl (C=O) groups excluding carboxylic acids is 1. The molecule has 3 nitrogen and oxygen atoms in total. The molecule has 8 atom stereocenters. The van der Waals surface area contributed by atoms with Crippen molar-refractivity contribution in [2.75, 3.05) is 6.61 Å². The van der Waals surface area contributed by atoms with E-state index in [0.29, 0.717) is 17.9 Å². The summed E-state index contributed by atoms with van der Waals surface area (Å²) >= 11 is 0. The monoisotopic (exact) mass is 358 g/mol. The number of carbonyl (C=O) groups is 1. The normalized spacial score (nSPS) is 52.9. The molecule has 144 valence electrons. The zero-order chi connectivity index (χ0) is 18.1. The topological polar surface area (TPSA) is 46.5 Å². The summed E-state index contributed by atoms with van der Waals surface area (Å²) in [5.41, 5.74) is 2.12. The number of ether oxygens (including phenoxy) is 1. The fourth-order valence-corrected chi connectivity index (χ4v) is 8.31. The Morgan fingerprint density at radius 1 is 1.15 bits per heavy atom. The number of rotatable bonds is 1. The molecule has 4 fully saturated rings. The second kappa shape index (κ2) is 5.83. The van der Waals surface area contributed by atoms with Crippen molar-refractivity contribution in [3.05, 3.63) is 11.6 Å². The van der Waals surface area contributed by atoms with Crippen LogP contribution in [0.1, 0.15) is 71.6 Å². The number of aliphatic hydroxyl groups is 1. The molecule has 26 heavy (non-hydrogen) atoms. The number of allylic oxidation sites excluding steroid dienone is 1. The SMILES string of the molecule is CC[C@H]1C(=O)OC[C@]23CCC4C(CC=C5C[C@@H](O)CC[C@@]54C)C2CC[C@H]13. The molecule has 0 aromatic carbocycles. The molecule has 1 saturated heterocycles.